The Hall–Kier alpha value is -1.18. The zero-order chi connectivity index (χ0) is 42.3. The molecule has 340 valence electrons. The first-order chi connectivity index (χ1) is 27.3. The molecule has 0 unspecified atom stereocenters. The molecule has 0 radical (unpaired) electrons. The lowest BCUT2D eigenvalue weighted by Gasteiger charge is -2.31. The highest BCUT2D eigenvalue weighted by Gasteiger charge is 2.17. The molecule has 2 N–H and O–H groups in total. The minimum absolute atomic E-state index is 0.218. The number of likely N-dealkylation sites (N-methyl/N-ethyl adjacent to an activating group) is 2. The van der Waals surface area contributed by atoms with Gasteiger partial charge in [-0.2, -0.15) is 0 Å². The maximum absolute atomic E-state index is 12.3. The van der Waals surface area contributed by atoms with E-state index in [1.54, 1.807) is 0 Å². The van der Waals surface area contributed by atoms with E-state index in [1.165, 1.54) is 154 Å². The van der Waals surface area contributed by atoms with Crippen LogP contribution in [0, 0.1) is 11.8 Å². The molecule has 0 aliphatic heterocycles. The van der Waals surface area contributed by atoms with Gasteiger partial charge in [-0.3, -0.25) is 9.59 Å². The van der Waals surface area contributed by atoms with Crippen LogP contribution in [0.2, 0.25) is 0 Å². The molecule has 0 aromatic heterocycles. The molecular formula is C50H104N4O3+2. The fourth-order valence-corrected chi connectivity index (χ4v) is 7.81. The minimum atomic E-state index is 0.218. The number of carbonyl (C=O) groups is 2. The summed E-state index contributed by atoms with van der Waals surface area (Å²) >= 11 is 0. The monoisotopic (exact) mass is 809 g/mol. The van der Waals surface area contributed by atoms with Crippen LogP contribution in [0.3, 0.4) is 0 Å². The maximum Gasteiger partial charge on any atom is 0.219 e. The van der Waals surface area contributed by atoms with Crippen LogP contribution >= 0.6 is 0 Å². The highest BCUT2D eigenvalue weighted by Crippen LogP contribution is 2.16. The Bertz CT molecular complexity index is 821. The van der Waals surface area contributed by atoms with Crippen molar-refractivity contribution in [1.82, 2.24) is 10.6 Å². The number of ether oxygens (including phenoxy) is 1. The molecule has 0 saturated heterocycles. The van der Waals surface area contributed by atoms with Crippen molar-refractivity contribution in [2.45, 2.75) is 220 Å². The van der Waals surface area contributed by atoms with Crippen LogP contribution < -0.4 is 10.6 Å². The van der Waals surface area contributed by atoms with Crippen LogP contribution in [0.15, 0.2) is 0 Å². The number of hydrogen-bond donors (Lipinski definition) is 2. The molecule has 0 saturated carbocycles. The van der Waals surface area contributed by atoms with Crippen molar-refractivity contribution in [3.8, 4) is 0 Å². The van der Waals surface area contributed by atoms with E-state index in [2.05, 4.69) is 66.5 Å². The van der Waals surface area contributed by atoms with E-state index < -0.39 is 0 Å². The summed E-state index contributed by atoms with van der Waals surface area (Å²) < 4.78 is 7.88. The number of unbranched alkanes of at least 4 members (excludes halogenated alkanes) is 22. The van der Waals surface area contributed by atoms with Crippen molar-refractivity contribution in [3.63, 3.8) is 0 Å². The second-order valence-corrected chi connectivity index (χ2v) is 20.1. The fourth-order valence-electron chi connectivity index (χ4n) is 7.81. The van der Waals surface area contributed by atoms with Crippen LogP contribution in [0.4, 0.5) is 0 Å². The van der Waals surface area contributed by atoms with E-state index in [-0.39, 0.29) is 11.8 Å². The van der Waals surface area contributed by atoms with Crippen LogP contribution in [-0.2, 0) is 14.3 Å². The van der Waals surface area contributed by atoms with Gasteiger partial charge in [0.15, 0.2) is 0 Å². The summed E-state index contributed by atoms with van der Waals surface area (Å²) in [5, 5.41) is 6.29. The molecule has 0 spiro atoms. The Morgan fingerprint density at radius 1 is 0.386 bits per heavy atom. The Morgan fingerprint density at radius 3 is 0.930 bits per heavy atom. The molecule has 0 fully saturated rings. The van der Waals surface area contributed by atoms with E-state index in [4.69, 9.17) is 4.74 Å². The molecule has 0 aliphatic rings. The quantitative estimate of drug-likeness (QED) is 0.0476. The van der Waals surface area contributed by atoms with Crippen LogP contribution in [0.1, 0.15) is 220 Å². The van der Waals surface area contributed by atoms with Crippen LogP contribution in [-0.4, -0.2) is 101 Å². The molecular weight excluding hydrogens is 705 g/mol. The number of amides is 2. The maximum atomic E-state index is 12.3. The lowest BCUT2D eigenvalue weighted by atomic mass is 10.0. The number of nitrogens with zero attached hydrogens (tertiary/aromatic N) is 2. The Morgan fingerprint density at radius 2 is 0.649 bits per heavy atom. The normalized spacial score (nSPS) is 12.2. The van der Waals surface area contributed by atoms with Gasteiger partial charge in [-0.25, -0.2) is 0 Å². The number of nitrogens with one attached hydrogen (secondary N) is 2. The van der Waals surface area contributed by atoms with Gasteiger partial charge in [0, 0.05) is 38.8 Å². The number of carbonyl (C=O) groups excluding carboxylic acids is 2. The molecule has 0 rings (SSSR count). The third kappa shape index (κ3) is 44.2. The second kappa shape index (κ2) is 39.0. The minimum Gasteiger partial charge on any atom is -0.370 e. The van der Waals surface area contributed by atoms with Gasteiger partial charge in [-0.05, 0) is 24.7 Å². The Balaban J connectivity index is 3.60. The Labute approximate surface area is 357 Å². The van der Waals surface area contributed by atoms with Gasteiger partial charge in [0.05, 0.1) is 54.5 Å². The predicted octanol–water partition coefficient (Wildman–Crippen LogP) is 12.4. The summed E-state index contributed by atoms with van der Waals surface area (Å²) in [4.78, 5) is 24.6. The molecule has 7 nitrogen and oxygen atoms in total. The summed E-state index contributed by atoms with van der Waals surface area (Å²) in [6.45, 7) is 16.4. The molecule has 0 heterocycles. The molecule has 57 heavy (non-hydrogen) atoms. The topological polar surface area (TPSA) is 67.4 Å². The number of rotatable bonds is 44. The third-order valence-electron chi connectivity index (χ3n) is 12.1. The van der Waals surface area contributed by atoms with Crippen molar-refractivity contribution >= 4 is 11.8 Å². The van der Waals surface area contributed by atoms with Crippen LogP contribution in [0.5, 0.6) is 0 Å². The lowest BCUT2D eigenvalue weighted by Crippen LogP contribution is -2.46. The summed E-state index contributed by atoms with van der Waals surface area (Å²) in [5.74, 6) is 2.15. The molecule has 0 aromatic carbocycles. The van der Waals surface area contributed by atoms with Crippen molar-refractivity contribution < 1.29 is 23.3 Å². The van der Waals surface area contributed by atoms with E-state index >= 15 is 0 Å². The lowest BCUT2D eigenvalue weighted by molar-refractivity contribution is -0.894. The average molecular weight is 809 g/mol. The highest BCUT2D eigenvalue weighted by atomic mass is 16.5. The first kappa shape index (κ1) is 55.8. The van der Waals surface area contributed by atoms with E-state index in [0.717, 1.165) is 99.0 Å². The van der Waals surface area contributed by atoms with Gasteiger partial charge in [0.25, 0.3) is 0 Å². The van der Waals surface area contributed by atoms with Crippen LogP contribution in [0.25, 0.3) is 0 Å². The first-order valence-corrected chi connectivity index (χ1v) is 25.1. The third-order valence-corrected chi connectivity index (χ3v) is 12.1. The second-order valence-electron chi connectivity index (χ2n) is 20.1. The largest absolute Gasteiger partial charge is 0.370 e. The zero-order valence-electron chi connectivity index (χ0n) is 40.1. The molecule has 0 atom stereocenters. The summed E-state index contributed by atoms with van der Waals surface area (Å²) in [7, 11) is 9.03. The molecule has 7 heteroatoms. The number of quaternary nitrogens is 2. The summed E-state index contributed by atoms with van der Waals surface area (Å²) in [5.41, 5.74) is 0. The van der Waals surface area contributed by atoms with Crippen molar-refractivity contribution in [1.29, 1.82) is 0 Å². The van der Waals surface area contributed by atoms with Gasteiger partial charge < -0.3 is 24.3 Å². The first-order valence-electron chi connectivity index (χ1n) is 25.1. The van der Waals surface area contributed by atoms with Gasteiger partial charge in [-0.15, -0.1) is 0 Å². The van der Waals surface area contributed by atoms with Gasteiger partial charge in [-0.1, -0.05) is 182 Å². The molecule has 0 aromatic rings. The fraction of sp³-hybridized carbons (Fsp3) is 0.960. The SMILES string of the molecule is CC(C)CCCCCCCCCCCCCCC(=O)NCCC[N+](C)(C)CCOCC[N+](C)(C)CCCNC(=O)CCCCCCCCCCCCCCC(C)C. The van der Waals surface area contributed by atoms with E-state index in [0.29, 0.717) is 12.8 Å². The summed E-state index contributed by atoms with van der Waals surface area (Å²) in [6, 6.07) is 0. The smallest absolute Gasteiger partial charge is 0.219 e. The molecule has 0 bridgehead atoms. The average Bonchev–Trinajstić information content (AvgIpc) is 3.15. The zero-order valence-corrected chi connectivity index (χ0v) is 40.1. The van der Waals surface area contributed by atoms with Crippen molar-refractivity contribution in [2.75, 3.05) is 80.7 Å². The van der Waals surface area contributed by atoms with Gasteiger partial charge in [0.2, 0.25) is 11.8 Å². The van der Waals surface area contributed by atoms with Gasteiger partial charge >= 0.3 is 0 Å². The highest BCUT2D eigenvalue weighted by molar-refractivity contribution is 5.76. The molecule has 0 aliphatic carbocycles. The standard InChI is InChI=1S/C50H102N4O3/c1-47(2)35-29-25-21-17-13-9-11-15-19-23-27-31-37-49(55)51-39-33-41-53(5,6)43-45-57-46-44-54(7,8)42-34-40-52-50(56)38-32-28-24-20-16-12-10-14-18-22-26-30-36-48(3)4/h47-48H,9-46H2,1-8H3/p+2. The van der Waals surface area contributed by atoms with Crippen molar-refractivity contribution in [3.05, 3.63) is 0 Å². The number of hydrogen-bond acceptors (Lipinski definition) is 3. The summed E-state index contributed by atoms with van der Waals surface area (Å²) in [6.07, 6.45) is 38.1. The predicted molar refractivity (Wildman–Crippen MR) is 249 cm³/mol. The molecule has 2 amide bonds. The van der Waals surface area contributed by atoms with Crippen molar-refractivity contribution in [2.24, 2.45) is 11.8 Å². The van der Waals surface area contributed by atoms with E-state index in [9.17, 15) is 9.59 Å². The van der Waals surface area contributed by atoms with E-state index in [1.807, 2.05) is 0 Å². The Kier molecular flexibility index (Phi) is 38.2. The van der Waals surface area contributed by atoms with Gasteiger partial charge in [0.1, 0.15) is 13.1 Å².